The molecule has 1 fully saturated rings. The zero-order valence-corrected chi connectivity index (χ0v) is 10.2. The van der Waals surface area contributed by atoms with Gasteiger partial charge in [-0.05, 0) is 0 Å². The second kappa shape index (κ2) is 4.67. The third-order valence-electron chi connectivity index (χ3n) is 3.02. The summed E-state index contributed by atoms with van der Waals surface area (Å²) >= 11 is 0. The van der Waals surface area contributed by atoms with Gasteiger partial charge in [0.05, 0.1) is 6.20 Å². The lowest BCUT2D eigenvalue weighted by molar-refractivity contribution is -0.363. The van der Waals surface area contributed by atoms with E-state index < -0.39 is 47.5 Å². The molecule has 8 N–H and O–H groups in total. The van der Waals surface area contributed by atoms with E-state index in [0.29, 0.717) is 6.20 Å². The number of rotatable bonds is 2. The van der Waals surface area contributed by atoms with Gasteiger partial charge in [-0.15, -0.1) is 0 Å². The normalized spacial score (nSPS) is 27.2. The van der Waals surface area contributed by atoms with Crippen molar-refractivity contribution in [1.29, 1.82) is 0 Å². The molecule has 2 atom stereocenters. The van der Waals surface area contributed by atoms with Crippen molar-refractivity contribution in [2.75, 3.05) is 5.73 Å². The molecule has 1 aliphatic heterocycles. The van der Waals surface area contributed by atoms with E-state index in [2.05, 4.69) is 9.72 Å². The van der Waals surface area contributed by atoms with Gasteiger partial charge < -0.3 is 41.1 Å². The topological polar surface area (TPSA) is 192 Å². The van der Waals surface area contributed by atoms with Crippen LogP contribution in [0.3, 0.4) is 0 Å². The number of nitrogens with two attached hydrogens (primary N) is 1. The third-order valence-corrected chi connectivity index (χ3v) is 3.02. The van der Waals surface area contributed by atoms with Crippen LogP contribution in [0.25, 0.3) is 0 Å². The van der Waals surface area contributed by atoms with Crippen molar-refractivity contribution in [3.8, 4) is 0 Å². The second-order valence-electron chi connectivity index (χ2n) is 4.44. The van der Waals surface area contributed by atoms with Gasteiger partial charge in [-0.3, -0.25) is 4.57 Å². The largest absolute Gasteiger partial charge is 0.381 e. The summed E-state index contributed by atoms with van der Waals surface area (Å²) in [6, 6.07) is 0. The van der Waals surface area contributed by atoms with Crippen LogP contribution in [0.2, 0.25) is 0 Å². The minimum Gasteiger partial charge on any atom is -0.381 e. The standard InChI is InChI=1S/C9H12FN3O8/c10-2-1-13(7(16)12-4(2)11)6-9(19,20)8(17,18)3(21-6)5(14)15/h1,3,5-6,14-15,17-20H,(H2,11,12,16)/t3-,6-/m1/s1. The fourth-order valence-electron chi connectivity index (χ4n) is 1.88. The first-order chi connectivity index (χ1) is 9.50. The number of aromatic nitrogens is 2. The van der Waals surface area contributed by atoms with Crippen molar-refractivity contribution in [1.82, 2.24) is 9.55 Å². The van der Waals surface area contributed by atoms with Crippen LogP contribution in [-0.2, 0) is 4.74 Å². The molecule has 11 nitrogen and oxygen atoms in total. The number of ether oxygens (including phenoxy) is 1. The molecule has 0 bridgehead atoms. The van der Waals surface area contributed by atoms with E-state index in [1.54, 1.807) is 0 Å². The van der Waals surface area contributed by atoms with Crippen LogP contribution in [-0.4, -0.2) is 64.2 Å². The smallest absolute Gasteiger partial charge is 0.352 e. The molecule has 0 amide bonds. The number of aliphatic hydroxyl groups is 6. The zero-order valence-electron chi connectivity index (χ0n) is 10.2. The summed E-state index contributed by atoms with van der Waals surface area (Å²) in [4.78, 5) is 14.6. The van der Waals surface area contributed by atoms with Crippen molar-refractivity contribution in [2.24, 2.45) is 0 Å². The van der Waals surface area contributed by atoms with Gasteiger partial charge in [-0.1, -0.05) is 0 Å². The molecule has 1 saturated heterocycles. The van der Waals surface area contributed by atoms with Gasteiger partial charge in [0.1, 0.15) is 0 Å². The maximum absolute atomic E-state index is 13.3. The van der Waals surface area contributed by atoms with Crippen molar-refractivity contribution in [2.45, 2.75) is 30.2 Å². The summed E-state index contributed by atoms with van der Waals surface area (Å²) in [6.07, 6.45) is -6.75. The molecule has 1 aromatic rings. The minimum absolute atomic E-state index is 0.176. The summed E-state index contributed by atoms with van der Waals surface area (Å²) in [5.41, 5.74) is 3.74. The highest BCUT2D eigenvalue weighted by Crippen LogP contribution is 2.42. The highest BCUT2D eigenvalue weighted by Gasteiger charge is 2.68. The van der Waals surface area contributed by atoms with Crippen molar-refractivity contribution in [3.05, 3.63) is 22.5 Å². The number of halogens is 1. The quantitative estimate of drug-likeness (QED) is 0.262. The number of nitrogens with zero attached hydrogens (tertiary/aromatic N) is 2. The maximum Gasteiger partial charge on any atom is 0.352 e. The summed E-state index contributed by atoms with van der Waals surface area (Å²) in [6.45, 7) is 0. The summed E-state index contributed by atoms with van der Waals surface area (Å²) < 4.78 is 18.1. The summed E-state index contributed by atoms with van der Waals surface area (Å²) in [5.74, 6) is -9.13. The number of nitrogen functional groups attached to an aromatic ring is 1. The maximum atomic E-state index is 13.3. The van der Waals surface area contributed by atoms with E-state index in [1.807, 2.05) is 0 Å². The number of hydrogen-bond donors (Lipinski definition) is 7. The van der Waals surface area contributed by atoms with Crippen LogP contribution in [0, 0.1) is 5.82 Å². The van der Waals surface area contributed by atoms with E-state index in [-0.39, 0.29) is 4.57 Å². The van der Waals surface area contributed by atoms with Gasteiger partial charge in [-0.25, -0.2) is 9.18 Å². The van der Waals surface area contributed by atoms with Crippen LogP contribution in [0.15, 0.2) is 11.0 Å². The van der Waals surface area contributed by atoms with Crippen LogP contribution in [0.1, 0.15) is 6.23 Å². The average molecular weight is 309 g/mol. The average Bonchev–Trinajstić information content (AvgIpc) is 2.52. The van der Waals surface area contributed by atoms with Crippen molar-refractivity contribution in [3.63, 3.8) is 0 Å². The molecule has 1 aliphatic rings. The predicted molar refractivity (Wildman–Crippen MR) is 59.3 cm³/mol. The highest BCUT2D eigenvalue weighted by molar-refractivity contribution is 5.26. The number of aliphatic hydroxyl groups excluding tert-OH is 1. The van der Waals surface area contributed by atoms with Crippen molar-refractivity contribution < 1.29 is 39.8 Å². The van der Waals surface area contributed by atoms with E-state index in [4.69, 9.17) is 15.9 Å². The molecule has 2 rings (SSSR count). The summed E-state index contributed by atoms with van der Waals surface area (Å²) in [7, 11) is 0. The van der Waals surface area contributed by atoms with E-state index in [1.165, 1.54) is 0 Å². The highest BCUT2D eigenvalue weighted by atomic mass is 19.1. The Labute approximate surface area is 114 Å². The van der Waals surface area contributed by atoms with Crippen LogP contribution >= 0.6 is 0 Å². The monoisotopic (exact) mass is 309 g/mol. The number of hydrogen-bond acceptors (Lipinski definition) is 10. The molecule has 0 spiro atoms. The lowest BCUT2D eigenvalue weighted by Crippen LogP contribution is -2.60. The zero-order chi connectivity index (χ0) is 16.2. The first-order valence-corrected chi connectivity index (χ1v) is 5.45. The van der Waals surface area contributed by atoms with E-state index >= 15 is 0 Å². The van der Waals surface area contributed by atoms with Gasteiger partial charge in [0, 0.05) is 0 Å². The van der Waals surface area contributed by atoms with Gasteiger partial charge in [0.2, 0.25) is 0 Å². The Morgan fingerprint density at radius 1 is 1.33 bits per heavy atom. The van der Waals surface area contributed by atoms with Gasteiger partial charge in [0.15, 0.2) is 30.3 Å². The molecular formula is C9H12FN3O8. The molecule has 0 unspecified atom stereocenters. The van der Waals surface area contributed by atoms with Gasteiger partial charge in [0.25, 0.3) is 11.6 Å². The molecule has 12 heteroatoms. The Hall–Kier alpha value is -1.67. The Balaban J connectivity index is 2.55. The molecule has 118 valence electrons. The molecule has 0 aliphatic carbocycles. The molecule has 0 saturated carbocycles. The van der Waals surface area contributed by atoms with Gasteiger partial charge in [-0.2, -0.15) is 4.98 Å². The molecule has 1 aromatic heterocycles. The molecule has 0 aromatic carbocycles. The molecular weight excluding hydrogens is 297 g/mol. The Kier molecular flexibility index (Phi) is 3.50. The fourth-order valence-corrected chi connectivity index (χ4v) is 1.88. The van der Waals surface area contributed by atoms with Crippen LogP contribution < -0.4 is 11.4 Å². The molecule has 0 radical (unpaired) electrons. The van der Waals surface area contributed by atoms with Crippen molar-refractivity contribution >= 4 is 5.82 Å². The first kappa shape index (κ1) is 15.7. The minimum atomic E-state index is -3.57. The predicted octanol–water partition coefficient (Wildman–Crippen LogP) is -4.47. The lowest BCUT2D eigenvalue weighted by atomic mass is 10.0. The van der Waals surface area contributed by atoms with Crippen LogP contribution in [0.5, 0.6) is 0 Å². The van der Waals surface area contributed by atoms with E-state index in [0.717, 1.165) is 0 Å². The molecule has 21 heavy (non-hydrogen) atoms. The molecule has 2 heterocycles. The lowest BCUT2D eigenvalue weighted by Gasteiger charge is -2.32. The fraction of sp³-hybridized carbons (Fsp3) is 0.556. The Morgan fingerprint density at radius 3 is 2.38 bits per heavy atom. The van der Waals surface area contributed by atoms with Crippen LogP contribution in [0.4, 0.5) is 10.2 Å². The second-order valence-corrected chi connectivity index (χ2v) is 4.44. The third kappa shape index (κ3) is 2.18. The Bertz CT molecular complexity index is 616. The van der Waals surface area contributed by atoms with E-state index in [9.17, 15) is 29.6 Å². The Morgan fingerprint density at radius 2 is 1.90 bits per heavy atom. The first-order valence-electron chi connectivity index (χ1n) is 5.45. The summed E-state index contributed by atoms with van der Waals surface area (Å²) in [5, 5.41) is 56.4. The SMILES string of the molecule is Nc1nc(=O)n([C@@H]2O[C@H](C(O)O)C(O)(O)C2(O)O)cc1F. The number of anilines is 1. The van der Waals surface area contributed by atoms with Gasteiger partial charge >= 0.3 is 5.69 Å².